The van der Waals surface area contributed by atoms with Gasteiger partial charge in [-0.1, -0.05) is 18.2 Å². The molecular formula is C19H19N3O3. The highest BCUT2D eigenvalue weighted by Gasteiger charge is 2.06. The number of amides is 2. The van der Waals surface area contributed by atoms with Crippen LogP contribution in [0.25, 0.3) is 0 Å². The molecule has 2 amide bonds. The van der Waals surface area contributed by atoms with Crippen molar-refractivity contribution in [3.8, 4) is 5.75 Å². The van der Waals surface area contributed by atoms with Crippen molar-refractivity contribution in [1.29, 1.82) is 0 Å². The van der Waals surface area contributed by atoms with Gasteiger partial charge in [-0.2, -0.15) is 5.10 Å². The molecule has 6 nitrogen and oxygen atoms in total. The van der Waals surface area contributed by atoms with Gasteiger partial charge >= 0.3 is 0 Å². The molecule has 0 radical (unpaired) electrons. The highest BCUT2D eigenvalue weighted by Crippen LogP contribution is 2.21. The number of nitrogens with zero attached hydrogens (tertiary/aromatic N) is 1. The number of hydrogen-bond donors (Lipinski definition) is 3. The van der Waals surface area contributed by atoms with E-state index in [0.29, 0.717) is 23.2 Å². The third-order valence-electron chi connectivity index (χ3n) is 3.35. The molecule has 0 aromatic heterocycles. The number of allylic oxidation sites excluding steroid dienone is 1. The summed E-state index contributed by atoms with van der Waals surface area (Å²) in [4.78, 5) is 23.0. The van der Waals surface area contributed by atoms with Gasteiger partial charge in [-0.3, -0.25) is 9.59 Å². The predicted octanol–water partition coefficient (Wildman–Crippen LogP) is 2.84. The first-order valence-corrected chi connectivity index (χ1v) is 7.64. The van der Waals surface area contributed by atoms with Gasteiger partial charge in [0.05, 0.1) is 6.21 Å². The molecule has 2 aromatic rings. The Labute approximate surface area is 145 Å². The first-order valence-electron chi connectivity index (χ1n) is 7.64. The summed E-state index contributed by atoms with van der Waals surface area (Å²) >= 11 is 0. The van der Waals surface area contributed by atoms with Crippen LogP contribution in [0, 0.1) is 0 Å². The summed E-state index contributed by atoms with van der Waals surface area (Å²) in [7, 11) is 0. The zero-order valence-electron chi connectivity index (χ0n) is 13.8. The molecular weight excluding hydrogens is 318 g/mol. The Morgan fingerprint density at radius 1 is 1.20 bits per heavy atom. The number of phenolic OH excluding ortho intramolecular Hbond substituents is 1. The van der Waals surface area contributed by atoms with Crippen molar-refractivity contribution < 1.29 is 14.7 Å². The van der Waals surface area contributed by atoms with Crippen LogP contribution >= 0.6 is 0 Å². The maximum Gasteiger partial charge on any atom is 0.271 e. The van der Waals surface area contributed by atoms with E-state index in [1.165, 1.54) is 13.1 Å². The molecule has 6 heteroatoms. The van der Waals surface area contributed by atoms with Crippen molar-refractivity contribution in [2.75, 3.05) is 5.32 Å². The summed E-state index contributed by atoms with van der Waals surface area (Å²) in [6.07, 6.45) is 3.62. The fourth-order valence-electron chi connectivity index (χ4n) is 2.17. The van der Waals surface area contributed by atoms with Crippen molar-refractivity contribution in [2.45, 2.75) is 13.3 Å². The molecule has 0 saturated carbocycles. The van der Waals surface area contributed by atoms with Gasteiger partial charge in [0.25, 0.3) is 5.91 Å². The van der Waals surface area contributed by atoms with E-state index < -0.39 is 5.91 Å². The van der Waals surface area contributed by atoms with E-state index in [-0.39, 0.29) is 11.7 Å². The first-order chi connectivity index (χ1) is 12.0. The molecule has 3 N–H and O–H groups in total. The summed E-state index contributed by atoms with van der Waals surface area (Å²) in [5.41, 5.74) is 4.64. The number of hydrazone groups is 1. The number of anilines is 1. The van der Waals surface area contributed by atoms with Crippen LogP contribution in [-0.2, 0) is 11.2 Å². The number of phenols is 1. The second-order valence-electron chi connectivity index (χ2n) is 5.31. The van der Waals surface area contributed by atoms with Crippen molar-refractivity contribution in [3.05, 3.63) is 71.8 Å². The van der Waals surface area contributed by atoms with Crippen LogP contribution in [0.3, 0.4) is 0 Å². The monoisotopic (exact) mass is 337 g/mol. The Kier molecular flexibility index (Phi) is 6.06. The van der Waals surface area contributed by atoms with Gasteiger partial charge in [0.1, 0.15) is 5.75 Å². The molecule has 0 aliphatic rings. The first kappa shape index (κ1) is 17.9. The Morgan fingerprint density at radius 3 is 2.56 bits per heavy atom. The minimum Gasteiger partial charge on any atom is -0.507 e. The van der Waals surface area contributed by atoms with Crippen molar-refractivity contribution >= 4 is 23.7 Å². The number of hydrogen-bond acceptors (Lipinski definition) is 4. The molecule has 0 saturated heterocycles. The summed E-state index contributed by atoms with van der Waals surface area (Å²) in [6, 6.07) is 11.7. The van der Waals surface area contributed by atoms with Crippen LogP contribution in [0.1, 0.15) is 28.4 Å². The molecule has 25 heavy (non-hydrogen) atoms. The summed E-state index contributed by atoms with van der Waals surface area (Å²) in [6.45, 7) is 5.05. The van der Waals surface area contributed by atoms with Gasteiger partial charge in [-0.25, -0.2) is 5.43 Å². The number of carbonyl (C=O) groups excluding carboxylic acids is 2. The molecule has 2 rings (SSSR count). The largest absolute Gasteiger partial charge is 0.507 e. The van der Waals surface area contributed by atoms with E-state index in [9.17, 15) is 14.7 Å². The minimum absolute atomic E-state index is 0.111. The third-order valence-corrected chi connectivity index (χ3v) is 3.35. The molecule has 2 aromatic carbocycles. The van der Waals surface area contributed by atoms with Gasteiger partial charge in [-0.05, 0) is 42.3 Å². The Morgan fingerprint density at radius 2 is 1.92 bits per heavy atom. The maximum absolute atomic E-state index is 12.0. The lowest BCUT2D eigenvalue weighted by molar-refractivity contribution is -0.114. The van der Waals surface area contributed by atoms with E-state index in [0.717, 1.165) is 5.56 Å². The fourth-order valence-corrected chi connectivity index (χ4v) is 2.17. The van der Waals surface area contributed by atoms with E-state index in [1.54, 1.807) is 48.5 Å². The van der Waals surface area contributed by atoms with E-state index in [4.69, 9.17) is 0 Å². The van der Waals surface area contributed by atoms with Gasteiger partial charge < -0.3 is 10.4 Å². The van der Waals surface area contributed by atoms with Crippen LogP contribution in [0.15, 0.2) is 60.2 Å². The summed E-state index contributed by atoms with van der Waals surface area (Å²) < 4.78 is 0. The Balaban J connectivity index is 2.02. The normalized spacial score (nSPS) is 10.4. The number of nitrogens with one attached hydrogen (secondary N) is 2. The van der Waals surface area contributed by atoms with Crippen LogP contribution < -0.4 is 10.7 Å². The molecule has 0 unspecified atom stereocenters. The van der Waals surface area contributed by atoms with Crippen molar-refractivity contribution in [1.82, 2.24) is 5.43 Å². The van der Waals surface area contributed by atoms with Crippen LogP contribution in [-0.4, -0.2) is 23.1 Å². The highest BCUT2D eigenvalue weighted by molar-refractivity contribution is 5.96. The highest BCUT2D eigenvalue weighted by atomic mass is 16.3. The number of benzene rings is 2. The second-order valence-corrected chi connectivity index (χ2v) is 5.31. The standard InChI is InChI=1S/C19H19N3O3/c1-3-5-14-6-4-7-16(18(14)24)12-20-22-19(25)15-8-10-17(11-9-15)21-13(2)23/h3-4,6-12,24H,1,5H2,2H3,(H,21,23)(H,22,25)/b20-12+. The Bertz CT molecular complexity index is 811. The lowest BCUT2D eigenvalue weighted by atomic mass is 10.1. The smallest absolute Gasteiger partial charge is 0.271 e. The SMILES string of the molecule is C=CCc1cccc(/C=N/NC(=O)c2ccc(NC(C)=O)cc2)c1O. The van der Waals surface area contributed by atoms with Gasteiger partial charge in [0, 0.05) is 23.7 Å². The zero-order valence-corrected chi connectivity index (χ0v) is 13.8. The topological polar surface area (TPSA) is 90.8 Å². The summed E-state index contributed by atoms with van der Waals surface area (Å²) in [5, 5.41) is 16.6. The minimum atomic E-state index is -0.396. The fraction of sp³-hybridized carbons (Fsp3) is 0.105. The molecule has 0 heterocycles. The summed E-state index contributed by atoms with van der Waals surface area (Å²) in [5.74, 6) is -0.465. The van der Waals surface area contributed by atoms with E-state index >= 15 is 0 Å². The number of rotatable bonds is 6. The average molecular weight is 337 g/mol. The van der Waals surface area contributed by atoms with E-state index in [2.05, 4.69) is 22.4 Å². The van der Waals surface area contributed by atoms with Crippen molar-refractivity contribution in [2.24, 2.45) is 5.10 Å². The number of carbonyl (C=O) groups is 2. The maximum atomic E-state index is 12.0. The Hall–Kier alpha value is -3.41. The predicted molar refractivity (Wildman–Crippen MR) is 97.8 cm³/mol. The second kappa shape index (κ2) is 8.44. The quantitative estimate of drug-likeness (QED) is 0.430. The lowest BCUT2D eigenvalue weighted by Gasteiger charge is -2.05. The van der Waals surface area contributed by atoms with Gasteiger partial charge in [0.15, 0.2) is 0 Å². The lowest BCUT2D eigenvalue weighted by Crippen LogP contribution is -2.17. The van der Waals surface area contributed by atoms with Crippen LogP contribution in [0.4, 0.5) is 5.69 Å². The number of aromatic hydroxyl groups is 1. The zero-order chi connectivity index (χ0) is 18.2. The third kappa shape index (κ3) is 5.04. The molecule has 0 aliphatic carbocycles. The number of para-hydroxylation sites is 1. The van der Waals surface area contributed by atoms with Crippen LogP contribution in [0.5, 0.6) is 5.75 Å². The molecule has 0 spiro atoms. The average Bonchev–Trinajstić information content (AvgIpc) is 2.58. The molecule has 128 valence electrons. The molecule has 0 fully saturated rings. The van der Waals surface area contributed by atoms with Crippen LogP contribution in [0.2, 0.25) is 0 Å². The van der Waals surface area contributed by atoms with E-state index in [1.807, 2.05) is 0 Å². The molecule has 0 atom stereocenters. The van der Waals surface area contributed by atoms with Gasteiger partial charge in [-0.15, -0.1) is 6.58 Å². The molecule has 0 bridgehead atoms. The molecule has 0 aliphatic heterocycles. The van der Waals surface area contributed by atoms with Gasteiger partial charge in [0.2, 0.25) is 5.91 Å². The van der Waals surface area contributed by atoms with Crippen molar-refractivity contribution in [3.63, 3.8) is 0 Å².